The first kappa shape index (κ1) is 17.8. The monoisotopic (exact) mass is 321 g/mol. The van der Waals surface area contributed by atoms with Gasteiger partial charge in [-0.1, -0.05) is 13.8 Å². The van der Waals surface area contributed by atoms with Gasteiger partial charge in [0.15, 0.2) is 5.82 Å². The summed E-state index contributed by atoms with van der Waals surface area (Å²) in [5.41, 5.74) is 4.03. The first-order valence-corrected chi connectivity index (χ1v) is 7.82. The molecule has 1 aromatic carbocycles. The van der Waals surface area contributed by atoms with Gasteiger partial charge in [0.25, 0.3) is 0 Å². The minimum atomic E-state index is -4.09. The standard InChI is InChI=1S/C13H21F2N3O2S/c1-13(2,8-18(3)4)7-17-21(19,20)10-6-5-9(14)12(16)11(10)15/h5-6,17H,7-8,16H2,1-4H3. The lowest BCUT2D eigenvalue weighted by atomic mass is 9.93. The molecule has 0 saturated heterocycles. The summed E-state index contributed by atoms with van der Waals surface area (Å²) in [6.07, 6.45) is 0. The zero-order valence-electron chi connectivity index (χ0n) is 12.6. The van der Waals surface area contributed by atoms with Crippen LogP contribution >= 0.6 is 0 Å². The second-order valence-electron chi connectivity index (χ2n) is 6.00. The van der Waals surface area contributed by atoms with E-state index in [0.717, 1.165) is 12.1 Å². The van der Waals surface area contributed by atoms with Crippen molar-refractivity contribution in [3.05, 3.63) is 23.8 Å². The Balaban J connectivity index is 2.96. The molecular weight excluding hydrogens is 300 g/mol. The van der Waals surface area contributed by atoms with Crippen molar-refractivity contribution in [3.63, 3.8) is 0 Å². The molecule has 0 aliphatic heterocycles. The third kappa shape index (κ3) is 4.62. The van der Waals surface area contributed by atoms with Crippen molar-refractivity contribution < 1.29 is 17.2 Å². The largest absolute Gasteiger partial charge is 0.394 e. The molecule has 1 aromatic rings. The van der Waals surface area contributed by atoms with Gasteiger partial charge in [0.1, 0.15) is 16.4 Å². The quantitative estimate of drug-likeness (QED) is 0.777. The van der Waals surface area contributed by atoms with Crippen LogP contribution in [0.15, 0.2) is 17.0 Å². The maximum Gasteiger partial charge on any atom is 0.243 e. The van der Waals surface area contributed by atoms with Crippen LogP contribution in [0.2, 0.25) is 0 Å². The highest BCUT2D eigenvalue weighted by Crippen LogP contribution is 2.23. The van der Waals surface area contributed by atoms with Gasteiger partial charge in [-0.25, -0.2) is 21.9 Å². The lowest BCUT2D eigenvalue weighted by molar-refractivity contribution is 0.242. The molecule has 21 heavy (non-hydrogen) atoms. The minimum absolute atomic E-state index is 0.115. The van der Waals surface area contributed by atoms with Crippen LogP contribution < -0.4 is 10.5 Å². The van der Waals surface area contributed by atoms with Crippen molar-refractivity contribution >= 4 is 15.7 Å². The number of halogens is 2. The SMILES string of the molecule is CN(C)CC(C)(C)CNS(=O)(=O)c1ccc(F)c(N)c1F. The van der Waals surface area contributed by atoms with E-state index >= 15 is 0 Å². The predicted molar refractivity (Wildman–Crippen MR) is 78.3 cm³/mol. The number of nitrogens with two attached hydrogens (primary N) is 1. The Kier molecular flexibility index (Phi) is 5.30. The molecule has 0 aliphatic carbocycles. The molecular formula is C13H21F2N3O2S. The van der Waals surface area contributed by atoms with E-state index in [1.807, 2.05) is 32.8 Å². The lowest BCUT2D eigenvalue weighted by Crippen LogP contribution is -2.40. The maximum atomic E-state index is 13.8. The van der Waals surface area contributed by atoms with Crippen molar-refractivity contribution in [2.45, 2.75) is 18.7 Å². The Morgan fingerprint density at radius 1 is 1.29 bits per heavy atom. The van der Waals surface area contributed by atoms with Crippen LogP contribution in [0, 0.1) is 17.0 Å². The number of benzene rings is 1. The van der Waals surface area contributed by atoms with Gasteiger partial charge in [0, 0.05) is 13.1 Å². The number of hydrogen-bond acceptors (Lipinski definition) is 4. The Morgan fingerprint density at radius 2 is 1.86 bits per heavy atom. The summed E-state index contributed by atoms with van der Waals surface area (Å²) in [5.74, 6) is -2.26. The van der Waals surface area contributed by atoms with Crippen molar-refractivity contribution in [2.75, 3.05) is 32.9 Å². The molecule has 0 unspecified atom stereocenters. The lowest BCUT2D eigenvalue weighted by Gasteiger charge is -2.28. The first-order chi connectivity index (χ1) is 9.46. The Morgan fingerprint density at radius 3 is 2.38 bits per heavy atom. The van der Waals surface area contributed by atoms with Crippen LogP contribution in [0.25, 0.3) is 0 Å². The minimum Gasteiger partial charge on any atom is -0.394 e. The maximum absolute atomic E-state index is 13.8. The normalized spacial score (nSPS) is 12.9. The Bertz CT molecular complexity index is 616. The van der Waals surface area contributed by atoms with Gasteiger partial charge in [-0.3, -0.25) is 0 Å². The molecule has 3 N–H and O–H groups in total. The van der Waals surface area contributed by atoms with Crippen LogP contribution in [0.3, 0.4) is 0 Å². The summed E-state index contributed by atoms with van der Waals surface area (Å²) in [6.45, 7) is 4.52. The molecule has 1 rings (SSSR count). The average Bonchev–Trinajstić information content (AvgIpc) is 2.32. The van der Waals surface area contributed by atoms with E-state index in [0.29, 0.717) is 6.54 Å². The van der Waals surface area contributed by atoms with Crippen LogP contribution in [0.1, 0.15) is 13.8 Å². The summed E-state index contributed by atoms with van der Waals surface area (Å²) in [5, 5.41) is 0. The molecule has 0 atom stereocenters. The molecule has 0 radical (unpaired) electrons. The molecule has 0 aromatic heterocycles. The average molecular weight is 321 g/mol. The van der Waals surface area contributed by atoms with Gasteiger partial charge in [0.2, 0.25) is 10.0 Å². The van der Waals surface area contributed by atoms with Crippen molar-refractivity contribution in [2.24, 2.45) is 5.41 Å². The first-order valence-electron chi connectivity index (χ1n) is 6.34. The number of nitrogens with one attached hydrogen (secondary N) is 1. The predicted octanol–water partition coefficient (Wildman–Crippen LogP) is 1.41. The molecule has 0 amide bonds. The highest BCUT2D eigenvalue weighted by molar-refractivity contribution is 7.89. The molecule has 0 heterocycles. The van der Waals surface area contributed by atoms with Crippen molar-refractivity contribution in [3.8, 4) is 0 Å². The fraction of sp³-hybridized carbons (Fsp3) is 0.538. The second-order valence-corrected chi connectivity index (χ2v) is 7.74. The molecule has 0 fully saturated rings. The Hall–Kier alpha value is -1.25. The molecule has 0 spiro atoms. The van der Waals surface area contributed by atoms with Crippen molar-refractivity contribution in [1.82, 2.24) is 9.62 Å². The molecule has 0 bridgehead atoms. The van der Waals surface area contributed by atoms with E-state index in [9.17, 15) is 17.2 Å². The van der Waals surface area contributed by atoms with Gasteiger partial charge >= 0.3 is 0 Å². The van der Waals surface area contributed by atoms with Crippen LogP contribution in [0.4, 0.5) is 14.5 Å². The fourth-order valence-electron chi connectivity index (χ4n) is 2.04. The van der Waals surface area contributed by atoms with E-state index in [1.165, 1.54) is 0 Å². The zero-order chi connectivity index (χ0) is 16.4. The van der Waals surface area contributed by atoms with E-state index < -0.39 is 32.2 Å². The van der Waals surface area contributed by atoms with Crippen LogP contribution in [-0.2, 0) is 10.0 Å². The molecule has 120 valence electrons. The summed E-state index contributed by atoms with van der Waals surface area (Å²) in [7, 11) is -0.346. The fourth-order valence-corrected chi connectivity index (χ4v) is 3.37. The molecule has 5 nitrogen and oxygen atoms in total. The number of anilines is 1. The third-order valence-corrected chi connectivity index (χ3v) is 4.28. The smallest absolute Gasteiger partial charge is 0.243 e. The molecule has 0 saturated carbocycles. The number of nitrogens with zero attached hydrogens (tertiary/aromatic N) is 1. The van der Waals surface area contributed by atoms with Gasteiger partial charge in [0.05, 0.1) is 0 Å². The Labute approximate surface area is 124 Å². The zero-order valence-corrected chi connectivity index (χ0v) is 13.4. The highest BCUT2D eigenvalue weighted by atomic mass is 32.2. The van der Waals surface area contributed by atoms with E-state index in [4.69, 9.17) is 5.73 Å². The number of nitrogen functional groups attached to an aromatic ring is 1. The second kappa shape index (κ2) is 6.25. The topological polar surface area (TPSA) is 75.4 Å². The van der Waals surface area contributed by atoms with E-state index in [1.54, 1.807) is 0 Å². The van der Waals surface area contributed by atoms with Crippen molar-refractivity contribution in [1.29, 1.82) is 0 Å². The summed E-state index contributed by atoms with van der Waals surface area (Å²) in [4.78, 5) is 1.27. The van der Waals surface area contributed by atoms with Gasteiger partial charge in [-0.15, -0.1) is 0 Å². The summed E-state index contributed by atoms with van der Waals surface area (Å²) < 4.78 is 53.4. The van der Waals surface area contributed by atoms with E-state index in [-0.39, 0.29) is 12.0 Å². The van der Waals surface area contributed by atoms with E-state index in [2.05, 4.69) is 4.72 Å². The van der Waals surface area contributed by atoms with Gasteiger partial charge < -0.3 is 10.6 Å². The number of sulfonamides is 1. The molecule has 8 heteroatoms. The van der Waals surface area contributed by atoms with Crippen LogP contribution in [-0.4, -0.2) is 40.5 Å². The highest BCUT2D eigenvalue weighted by Gasteiger charge is 2.26. The molecule has 0 aliphatic rings. The summed E-state index contributed by atoms with van der Waals surface area (Å²) >= 11 is 0. The number of rotatable bonds is 6. The number of hydrogen-bond donors (Lipinski definition) is 2. The van der Waals surface area contributed by atoms with Crippen LogP contribution in [0.5, 0.6) is 0 Å². The van der Waals surface area contributed by atoms with Gasteiger partial charge in [-0.2, -0.15) is 0 Å². The third-order valence-electron chi connectivity index (χ3n) is 2.87. The van der Waals surface area contributed by atoms with Gasteiger partial charge in [-0.05, 0) is 31.6 Å². The summed E-state index contributed by atoms with van der Waals surface area (Å²) in [6, 6.07) is 1.69.